The van der Waals surface area contributed by atoms with E-state index in [-0.39, 0.29) is 11.7 Å². The van der Waals surface area contributed by atoms with Gasteiger partial charge in [-0.2, -0.15) is 0 Å². The topological polar surface area (TPSA) is 45.8 Å². The van der Waals surface area contributed by atoms with Crippen molar-refractivity contribution in [3.63, 3.8) is 0 Å². The van der Waals surface area contributed by atoms with E-state index in [4.69, 9.17) is 0 Å². The van der Waals surface area contributed by atoms with Gasteiger partial charge in [-0.25, -0.2) is 4.98 Å². The zero-order chi connectivity index (χ0) is 8.97. The smallest absolute Gasteiger partial charge is 0.143 e. The second-order valence-electron chi connectivity index (χ2n) is 2.99. The summed E-state index contributed by atoms with van der Waals surface area (Å²) in [6.45, 7) is 3.97. The number of aromatic nitrogens is 2. The molecule has 0 saturated carbocycles. The first-order valence-corrected chi connectivity index (χ1v) is 4.25. The molecule has 1 aromatic heterocycles. The van der Waals surface area contributed by atoms with Crippen LogP contribution in [0.2, 0.25) is 0 Å². The summed E-state index contributed by atoms with van der Waals surface area (Å²) in [7, 11) is 0. The Morgan fingerprint density at radius 2 is 2.50 bits per heavy atom. The Labute approximate surface area is 72.2 Å². The van der Waals surface area contributed by atoms with Gasteiger partial charge in [0.15, 0.2) is 0 Å². The third-order valence-electron chi connectivity index (χ3n) is 2.06. The molecule has 1 atom stereocenters. The van der Waals surface area contributed by atoms with E-state index in [2.05, 4.69) is 9.97 Å². The van der Waals surface area contributed by atoms with Crippen LogP contribution in [-0.2, 0) is 11.2 Å². The van der Waals surface area contributed by atoms with Crippen LogP contribution in [0.4, 0.5) is 0 Å². The van der Waals surface area contributed by atoms with Gasteiger partial charge in [0.2, 0.25) is 0 Å². The molecule has 1 N–H and O–H groups in total. The molecule has 12 heavy (non-hydrogen) atoms. The van der Waals surface area contributed by atoms with E-state index in [9.17, 15) is 4.79 Å². The van der Waals surface area contributed by atoms with Crippen LogP contribution in [0.25, 0.3) is 0 Å². The van der Waals surface area contributed by atoms with Gasteiger partial charge >= 0.3 is 0 Å². The van der Waals surface area contributed by atoms with E-state index in [1.165, 1.54) is 0 Å². The number of hydrogen-bond donors (Lipinski definition) is 1. The van der Waals surface area contributed by atoms with Crippen molar-refractivity contribution >= 4 is 5.78 Å². The zero-order valence-electron chi connectivity index (χ0n) is 7.50. The highest BCUT2D eigenvalue weighted by atomic mass is 16.1. The molecule has 0 fully saturated rings. The lowest BCUT2D eigenvalue weighted by molar-refractivity contribution is -0.121. The van der Waals surface area contributed by atoms with Crippen LogP contribution >= 0.6 is 0 Å². The molecule has 1 unspecified atom stereocenters. The van der Waals surface area contributed by atoms with Gasteiger partial charge < -0.3 is 4.98 Å². The first-order valence-electron chi connectivity index (χ1n) is 4.25. The van der Waals surface area contributed by atoms with E-state index < -0.39 is 0 Å². The molecule has 0 aliphatic heterocycles. The van der Waals surface area contributed by atoms with Crippen molar-refractivity contribution < 1.29 is 4.79 Å². The molecular weight excluding hydrogens is 152 g/mol. The summed E-state index contributed by atoms with van der Waals surface area (Å²) in [5.41, 5.74) is 0. The van der Waals surface area contributed by atoms with E-state index in [1.54, 1.807) is 12.4 Å². The quantitative estimate of drug-likeness (QED) is 0.737. The number of nitrogens with zero attached hydrogens (tertiary/aromatic N) is 1. The summed E-state index contributed by atoms with van der Waals surface area (Å²) in [4.78, 5) is 18.3. The lowest BCUT2D eigenvalue weighted by Crippen LogP contribution is -2.13. The van der Waals surface area contributed by atoms with Crippen molar-refractivity contribution in [1.29, 1.82) is 0 Å². The number of rotatable bonds is 4. The van der Waals surface area contributed by atoms with Crippen LogP contribution < -0.4 is 0 Å². The number of carbonyl (C=O) groups excluding carboxylic acids is 1. The van der Waals surface area contributed by atoms with Crippen molar-refractivity contribution in [2.45, 2.75) is 26.7 Å². The zero-order valence-corrected chi connectivity index (χ0v) is 7.50. The highest BCUT2D eigenvalue weighted by Gasteiger charge is 2.11. The molecule has 0 radical (unpaired) electrons. The Morgan fingerprint density at radius 1 is 1.75 bits per heavy atom. The Bertz CT molecular complexity index is 241. The van der Waals surface area contributed by atoms with Gasteiger partial charge in [0.25, 0.3) is 0 Å². The Hall–Kier alpha value is -1.12. The van der Waals surface area contributed by atoms with Crippen molar-refractivity contribution in [2.24, 2.45) is 5.92 Å². The lowest BCUT2D eigenvalue weighted by atomic mass is 10.0. The number of ketones is 1. The third kappa shape index (κ3) is 2.19. The van der Waals surface area contributed by atoms with E-state index >= 15 is 0 Å². The van der Waals surface area contributed by atoms with Gasteiger partial charge in [0.1, 0.15) is 11.6 Å². The number of carbonyl (C=O) groups is 1. The highest BCUT2D eigenvalue weighted by Crippen LogP contribution is 2.05. The molecule has 0 amide bonds. The Morgan fingerprint density at radius 3 is 3.00 bits per heavy atom. The summed E-state index contributed by atoms with van der Waals surface area (Å²) in [5, 5.41) is 0. The van der Waals surface area contributed by atoms with Gasteiger partial charge in [-0.3, -0.25) is 4.79 Å². The molecule has 66 valence electrons. The third-order valence-corrected chi connectivity index (χ3v) is 2.06. The SMILES string of the molecule is CCC(C)C(=O)Cc1ncc[nH]1. The summed E-state index contributed by atoms with van der Waals surface area (Å²) in [6.07, 6.45) is 4.74. The number of hydrogen-bond acceptors (Lipinski definition) is 2. The van der Waals surface area contributed by atoms with Crippen molar-refractivity contribution in [1.82, 2.24) is 9.97 Å². The molecule has 1 rings (SSSR count). The van der Waals surface area contributed by atoms with Gasteiger partial charge in [-0.1, -0.05) is 13.8 Å². The lowest BCUT2D eigenvalue weighted by Gasteiger charge is -2.04. The van der Waals surface area contributed by atoms with Gasteiger partial charge in [-0.15, -0.1) is 0 Å². The fraction of sp³-hybridized carbons (Fsp3) is 0.556. The Kier molecular flexibility index (Phi) is 3.02. The van der Waals surface area contributed by atoms with E-state index in [0.29, 0.717) is 6.42 Å². The number of aromatic amines is 1. The van der Waals surface area contributed by atoms with Crippen molar-refractivity contribution in [3.8, 4) is 0 Å². The molecule has 0 aliphatic carbocycles. The first kappa shape index (κ1) is 8.97. The first-order chi connectivity index (χ1) is 5.74. The largest absolute Gasteiger partial charge is 0.348 e. The fourth-order valence-electron chi connectivity index (χ4n) is 0.962. The standard InChI is InChI=1S/C9H14N2O/c1-3-7(2)8(12)6-9-10-4-5-11-9/h4-5,7H,3,6H2,1-2H3,(H,10,11). The minimum absolute atomic E-state index is 0.148. The average molecular weight is 166 g/mol. The number of nitrogens with one attached hydrogen (secondary N) is 1. The highest BCUT2D eigenvalue weighted by molar-refractivity contribution is 5.82. The van der Waals surface area contributed by atoms with Crippen LogP contribution in [0.1, 0.15) is 26.1 Å². The summed E-state index contributed by atoms with van der Waals surface area (Å²) in [6, 6.07) is 0. The van der Waals surface area contributed by atoms with E-state index in [0.717, 1.165) is 12.2 Å². The molecular formula is C9H14N2O. The van der Waals surface area contributed by atoms with Crippen LogP contribution in [0.5, 0.6) is 0 Å². The van der Waals surface area contributed by atoms with Crippen LogP contribution in [0, 0.1) is 5.92 Å². The molecule has 1 aromatic rings. The summed E-state index contributed by atoms with van der Waals surface area (Å²) in [5.74, 6) is 1.17. The second kappa shape index (κ2) is 4.04. The summed E-state index contributed by atoms with van der Waals surface area (Å²) >= 11 is 0. The number of H-pyrrole nitrogens is 1. The molecule has 3 heteroatoms. The van der Waals surface area contributed by atoms with E-state index in [1.807, 2.05) is 13.8 Å². The average Bonchev–Trinajstić information content (AvgIpc) is 2.55. The molecule has 1 heterocycles. The van der Waals surface area contributed by atoms with Crippen molar-refractivity contribution in [3.05, 3.63) is 18.2 Å². The van der Waals surface area contributed by atoms with Crippen LogP contribution in [0.15, 0.2) is 12.4 Å². The van der Waals surface area contributed by atoms with Crippen molar-refractivity contribution in [2.75, 3.05) is 0 Å². The molecule has 0 aliphatic rings. The van der Waals surface area contributed by atoms with Crippen LogP contribution in [-0.4, -0.2) is 15.8 Å². The fourth-order valence-corrected chi connectivity index (χ4v) is 0.962. The van der Waals surface area contributed by atoms with Crippen LogP contribution in [0.3, 0.4) is 0 Å². The van der Waals surface area contributed by atoms with Gasteiger partial charge in [-0.05, 0) is 6.42 Å². The van der Waals surface area contributed by atoms with Gasteiger partial charge in [0.05, 0.1) is 6.42 Å². The predicted molar refractivity (Wildman–Crippen MR) is 46.8 cm³/mol. The Balaban J connectivity index is 2.47. The molecule has 0 bridgehead atoms. The number of imidazole rings is 1. The molecule has 0 aromatic carbocycles. The predicted octanol–water partition coefficient (Wildman–Crippen LogP) is 1.57. The normalized spacial score (nSPS) is 12.8. The molecule has 0 saturated heterocycles. The molecule has 0 spiro atoms. The maximum atomic E-state index is 11.4. The second-order valence-corrected chi connectivity index (χ2v) is 2.99. The minimum atomic E-state index is 0.148. The maximum Gasteiger partial charge on any atom is 0.143 e. The van der Waals surface area contributed by atoms with Gasteiger partial charge in [0, 0.05) is 18.3 Å². The summed E-state index contributed by atoms with van der Waals surface area (Å²) < 4.78 is 0. The molecule has 3 nitrogen and oxygen atoms in total. The maximum absolute atomic E-state index is 11.4. The number of Topliss-reactive ketones (excluding diaryl/α,β-unsaturated/α-hetero) is 1. The minimum Gasteiger partial charge on any atom is -0.348 e. The monoisotopic (exact) mass is 166 g/mol.